The Morgan fingerprint density at radius 2 is 1.82 bits per heavy atom. The molecule has 1 N–H and O–H groups in total. The maximum atomic E-state index is 13.0. The van der Waals surface area contributed by atoms with E-state index in [1.54, 1.807) is 11.8 Å². The molecule has 2 atom stereocenters. The monoisotopic (exact) mass is 636 g/mol. The second-order valence-corrected chi connectivity index (χ2v) is 11.8. The number of rotatable bonds is 9. The Hall–Kier alpha value is -4.32. The molecular formula is C33H35F3N6O2S. The lowest BCUT2D eigenvalue weighted by Crippen LogP contribution is -2.42. The lowest BCUT2D eigenvalue weighted by molar-refractivity contribution is -0.274. The number of anilines is 1. The molecule has 0 aliphatic carbocycles. The predicted molar refractivity (Wildman–Crippen MR) is 172 cm³/mol. The number of halogens is 3. The number of benzene rings is 3. The number of carbonyl (C=O) groups is 1. The molecule has 3 aromatic carbocycles. The second-order valence-electron chi connectivity index (χ2n) is 10.7. The molecule has 1 fully saturated rings. The molecule has 2 unspecified atom stereocenters. The number of hydrogen-bond donors (Lipinski definition) is 1. The third kappa shape index (κ3) is 8.05. The number of nitrogens with zero attached hydrogens (tertiary/aromatic N) is 5. The van der Waals surface area contributed by atoms with Crippen molar-refractivity contribution in [1.82, 2.24) is 20.1 Å². The number of urea groups is 1. The van der Waals surface area contributed by atoms with Gasteiger partial charge < -0.3 is 15.0 Å². The molecule has 2 amide bonds. The van der Waals surface area contributed by atoms with Crippen molar-refractivity contribution in [1.29, 1.82) is 0 Å². The first kappa shape index (κ1) is 32.1. The molecule has 4 aromatic rings. The van der Waals surface area contributed by atoms with E-state index >= 15 is 0 Å². The molecule has 0 saturated carbocycles. The Balaban J connectivity index is 1.22. The molecule has 45 heavy (non-hydrogen) atoms. The summed E-state index contributed by atoms with van der Waals surface area (Å²) in [5.41, 5.74) is 4.73. The van der Waals surface area contributed by atoms with Gasteiger partial charge in [0.05, 0.1) is 5.69 Å². The number of hydrogen-bond acceptors (Lipinski definition) is 5. The van der Waals surface area contributed by atoms with Crippen LogP contribution in [-0.4, -0.2) is 50.7 Å². The summed E-state index contributed by atoms with van der Waals surface area (Å²) in [5.74, 6) is 1.17. The first-order chi connectivity index (χ1) is 21.6. The lowest BCUT2D eigenvalue weighted by Gasteiger charge is -2.36. The maximum absolute atomic E-state index is 13.0. The first-order valence-electron chi connectivity index (χ1n) is 14.9. The summed E-state index contributed by atoms with van der Waals surface area (Å²) < 4.78 is 42.8. The van der Waals surface area contributed by atoms with E-state index < -0.39 is 6.36 Å². The number of amidine groups is 1. The number of aliphatic imine (C=N–C) groups is 1. The first-order valence-corrected chi connectivity index (χ1v) is 15.9. The number of thioether (sulfide) groups is 1. The zero-order valence-electron chi connectivity index (χ0n) is 25.3. The van der Waals surface area contributed by atoms with Crippen molar-refractivity contribution in [2.75, 3.05) is 17.2 Å². The highest BCUT2D eigenvalue weighted by Gasteiger charge is 2.31. The summed E-state index contributed by atoms with van der Waals surface area (Å²) in [6, 6.07) is 21.4. The predicted octanol–water partition coefficient (Wildman–Crippen LogP) is 7.99. The van der Waals surface area contributed by atoms with E-state index in [0.717, 1.165) is 47.0 Å². The molecule has 0 bridgehead atoms. The van der Waals surface area contributed by atoms with Crippen LogP contribution in [0.3, 0.4) is 0 Å². The third-order valence-electron chi connectivity index (χ3n) is 7.70. The fourth-order valence-electron chi connectivity index (χ4n) is 5.24. The summed E-state index contributed by atoms with van der Waals surface area (Å²) in [4.78, 5) is 24.1. The number of alkyl halides is 3. The number of ether oxygens (including phenoxy) is 1. The van der Waals surface area contributed by atoms with Crippen LogP contribution in [0.25, 0.3) is 17.1 Å². The molecule has 0 radical (unpaired) electrons. The van der Waals surface area contributed by atoms with Crippen LogP contribution in [0.5, 0.6) is 5.75 Å². The number of para-hydroxylation sites is 1. The number of aryl methyl sites for hydroxylation is 1. The molecule has 2 heterocycles. The van der Waals surface area contributed by atoms with Gasteiger partial charge in [0.15, 0.2) is 11.0 Å². The lowest BCUT2D eigenvalue weighted by atomic mass is 9.95. The maximum Gasteiger partial charge on any atom is 0.573 e. The smallest absolute Gasteiger partial charge is 0.406 e. The molecule has 1 aromatic heterocycles. The van der Waals surface area contributed by atoms with Crippen LogP contribution in [0.4, 0.5) is 23.7 Å². The Labute approximate surface area is 264 Å². The summed E-state index contributed by atoms with van der Waals surface area (Å²) in [6.07, 6.45) is -0.514. The van der Waals surface area contributed by atoms with Crippen molar-refractivity contribution < 1.29 is 22.7 Å². The highest BCUT2D eigenvalue weighted by Crippen LogP contribution is 2.32. The highest BCUT2D eigenvalue weighted by molar-refractivity contribution is 8.14. The minimum atomic E-state index is -4.75. The summed E-state index contributed by atoms with van der Waals surface area (Å²) in [7, 11) is 0. The quantitative estimate of drug-likeness (QED) is 0.201. The van der Waals surface area contributed by atoms with E-state index in [0.29, 0.717) is 18.1 Å². The Morgan fingerprint density at radius 3 is 2.51 bits per heavy atom. The van der Waals surface area contributed by atoms with E-state index in [1.165, 1.54) is 40.8 Å². The van der Waals surface area contributed by atoms with Gasteiger partial charge in [0, 0.05) is 35.5 Å². The van der Waals surface area contributed by atoms with Crippen molar-refractivity contribution in [3.8, 4) is 22.8 Å². The van der Waals surface area contributed by atoms with Crippen LogP contribution in [-0.2, 0) is 6.42 Å². The third-order valence-corrected chi connectivity index (χ3v) is 8.69. The van der Waals surface area contributed by atoms with Crippen LogP contribution in [0.15, 0.2) is 84.1 Å². The van der Waals surface area contributed by atoms with E-state index in [-0.39, 0.29) is 23.7 Å². The van der Waals surface area contributed by atoms with Crippen molar-refractivity contribution in [2.45, 2.75) is 58.4 Å². The van der Waals surface area contributed by atoms with Gasteiger partial charge in [0.2, 0.25) is 0 Å². The fraction of sp³-hybridized carbons (Fsp3) is 0.333. The van der Waals surface area contributed by atoms with Gasteiger partial charge in [0.1, 0.15) is 12.1 Å². The molecule has 236 valence electrons. The molecule has 1 aliphatic heterocycles. The van der Waals surface area contributed by atoms with Gasteiger partial charge in [-0.1, -0.05) is 68.1 Å². The molecule has 8 nitrogen and oxygen atoms in total. The van der Waals surface area contributed by atoms with Gasteiger partial charge in [-0.3, -0.25) is 0 Å². The van der Waals surface area contributed by atoms with Gasteiger partial charge in [-0.25, -0.2) is 14.5 Å². The molecule has 1 aliphatic rings. The van der Waals surface area contributed by atoms with Crippen LogP contribution in [0.1, 0.15) is 50.7 Å². The molecule has 12 heteroatoms. The van der Waals surface area contributed by atoms with Gasteiger partial charge in [0.25, 0.3) is 0 Å². The number of nitrogens with one attached hydrogen (secondary N) is 1. The Kier molecular flexibility index (Phi) is 10.1. The average Bonchev–Trinajstić information content (AvgIpc) is 3.52. The minimum Gasteiger partial charge on any atom is -0.406 e. The van der Waals surface area contributed by atoms with Gasteiger partial charge in [-0.15, -0.1) is 18.3 Å². The standard InChI is InChI=1S/C33H35F3N6O2S/c1-4-23-8-6-7-9-29(23)42-22(3)18-19-45-32(42)39-31(43)37-20-24(5-2)25-10-12-26(13-11-25)30-38-21-41(40-30)27-14-16-28(17-15-27)44-33(34,35)36/h6-17,21-22,24H,4-5,18-20H2,1-3H3,(H,37,43). The summed E-state index contributed by atoms with van der Waals surface area (Å²) in [5, 5.41) is 8.21. The zero-order chi connectivity index (χ0) is 32.0. The van der Waals surface area contributed by atoms with E-state index in [4.69, 9.17) is 0 Å². The second kappa shape index (κ2) is 14.2. The summed E-state index contributed by atoms with van der Waals surface area (Å²) in [6.45, 7) is 6.82. The Bertz CT molecular complexity index is 1620. The highest BCUT2D eigenvalue weighted by atomic mass is 32.2. The van der Waals surface area contributed by atoms with E-state index in [1.807, 2.05) is 36.4 Å². The van der Waals surface area contributed by atoms with Crippen molar-refractivity contribution in [3.63, 3.8) is 0 Å². The number of aromatic nitrogens is 3. The SMILES string of the molecule is CCc1ccccc1N1C(=NC(=O)NCC(CC)c2ccc(-c3ncn(-c4ccc(OC(F)(F)F)cc4)n3)cc2)SCCC1C. The van der Waals surface area contributed by atoms with Crippen LogP contribution >= 0.6 is 11.8 Å². The van der Waals surface area contributed by atoms with E-state index in [2.05, 4.69) is 62.9 Å². The fourth-order valence-corrected chi connectivity index (χ4v) is 6.45. The average molecular weight is 637 g/mol. The molecule has 1 saturated heterocycles. The van der Waals surface area contributed by atoms with Crippen LogP contribution < -0.4 is 15.0 Å². The largest absolute Gasteiger partial charge is 0.573 e. The van der Waals surface area contributed by atoms with Crippen molar-refractivity contribution in [2.24, 2.45) is 4.99 Å². The number of carbonyl (C=O) groups excluding carboxylic acids is 1. The van der Waals surface area contributed by atoms with Gasteiger partial charge in [-0.2, -0.15) is 4.99 Å². The van der Waals surface area contributed by atoms with Crippen LogP contribution in [0.2, 0.25) is 0 Å². The van der Waals surface area contributed by atoms with Crippen molar-refractivity contribution in [3.05, 3.63) is 90.3 Å². The van der Waals surface area contributed by atoms with Crippen molar-refractivity contribution >= 4 is 28.6 Å². The number of amides is 2. The van der Waals surface area contributed by atoms with Gasteiger partial charge in [-0.05, 0) is 67.6 Å². The van der Waals surface area contributed by atoms with Gasteiger partial charge >= 0.3 is 12.4 Å². The molecule has 0 spiro atoms. The topological polar surface area (TPSA) is 84.6 Å². The normalized spacial score (nSPS) is 16.9. The minimum absolute atomic E-state index is 0.0843. The summed E-state index contributed by atoms with van der Waals surface area (Å²) >= 11 is 1.61. The molecule has 5 rings (SSSR count). The zero-order valence-corrected chi connectivity index (χ0v) is 26.1. The Morgan fingerprint density at radius 1 is 1.09 bits per heavy atom. The molecular weight excluding hydrogens is 601 g/mol. The van der Waals surface area contributed by atoms with E-state index in [9.17, 15) is 18.0 Å². The van der Waals surface area contributed by atoms with Crippen LogP contribution in [0, 0.1) is 0 Å².